The zero-order valence-electron chi connectivity index (χ0n) is 13.8. The van der Waals surface area contributed by atoms with E-state index in [9.17, 15) is 18.0 Å². The number of benzene rings is 2. The van der Waals surface area contributed by atoms with Gasteiger partial charge in [-0.2, -0.15) is 13.2 Å². The van der Waals surface area contributed by atoms with Crippen molar-refractivity contribution in [1.82, 2.24) is 9.66 Å². The molecular formula is C17H12Cl2F3N3OS. The van der Waals surface area contributed by atoms with E-state index >= 15 is 0 Å². The molecule has 0 unspecified atom stereocenters. The van der Waals surface area contributed by atoms with Crippen LogP contribution >= 0.6 is 35.0 Å². The van der Waals surface area contributed by atoms with E-state index in [1.165, 1.54) is 24.2 Å². The second-order valence-electron chi connectivity index (χ2n) is 5.46. The molecular weight excluding hydrogens is 422 g/mol. The fraction of sp³-hybridized carbons (Fsp3) is 0.176. The standard InChI is InChI=1S/C17H12Cl2F3N3OS/c1-2-27-15-12(19)6-10(18)7-14(15)24-25-8-23-13-4-3-9(17(20,21)22)5-11(13)16(25)26/h3-8,24H,2H2,1H3. The zero-order chi connectivity index (χ0) is 19.8. The highest BCUT2D eigenvalue weighted by molar-refractivity contribution is 7.99. The molecule has 0 aliphatic rings. The highest BCUT2D eigenvalue weighted by Crippen LogP contribution is 2.37. The molecule has 0 saturated heterocycles. The van der Waals surface area contributed by atoms with Crippen LogP contribution < -0.4 is 11.0 Å². The van der Waals surface area contributed by atoms with Gasteiger partial charge in [0.1, 0.15) is 6.33 Å². The summed E-state index contributed by atoms with van der Waals surface area (Å²) in [6.07, 6.45) is -3.35. The first-order valence-electron chi connectivity index (χ1n) is 7.68. The number of nitrogens with zero attached hydrogens (tertiary/aromatic N) is 2. The molecule has 2 aromatic carbocycles. The first-order chi connectivity index (χ1) is 12.7. The van der Waals surface area contributed by atoms with Crippen molar-refractivity contribution in [3.63, 3.8) is 0 Å². The van der Waals surface area contributed by atoms with Gasteiger partial charge in [-0.3, -0.25) is 10.2 Å². The maximum atomic E-state index is 12.9. The molecule has 0 aliphatic heterocycles. The summed E-state index contributed by atoms with van der Waals surface area (Å²) in [6, 6.07) is 5.99. The van der Waals surface area contributed by atoms with Crippen LogP contribution in [0.2, 0.25) is 10.0 Å². The Hall–Kier alpha value is -1.90. The summed E-state index contributed by atoms with van der Waals surface area (Å²) in [6.45, 7) is 1.93. The van der Waals surface area contributed by atoms with Crippen LogP contribution in [0.25, 0.3) is 10.9 Å². The Bertz CT molecular complexity index is 1070. The number of halogens is 5. The third-order valence-electron chi connectivity index (χ3n) is 3.62. The number of hydrogen-bond donors (Lipinski definition) is 1. The van der Waals surface area contributed by atoms with Crippen molar-refractivity contribution in [2.24, 2.45) is 0 Å². The van der Waals surface area contributed by atoms with Crippen molar-refractivity contribution >= 4 is 51.6 Å². The average molecular weight is 434 g/mol. The lowest BCUT2D eigenvalue weighted by molar-refractivity contribution is -0.137. The number of aromatic nitrogens is 2. The van der Waals surface area contributed by atoms with Gasteiger partial charge in [0.05, 0.1) is 32.1 Å². The van der Waals surface area contributed by atoms with Crippen LogP contribution in [-0.4, -0.2) is 15.4 Å². The molecule has 0 aliphatic carbocycles. The topological polar surface area (TPSA) is 46.9 Å². The summed E-state index contributed by atoms with van der Waals surface area (Å²) in [4.78, 5) is 17.4. The Balaban J connectivity index is 2.11. The highest BCUT2D eigenvalue weighted by atomic mass is 35.5. The second-order valence-corrected chi connectivity index (χ2v) is 7.58. The van der Waals surface area contributed by atoms with Gasteiger partial charge in [-0.1, -0.05) is 30.1 Å². The number of rotatable bonds is 4. The molecule has 1 N–H and O–H groups in total. The fourth-order valence-electron chi connectivity index (χ4n) is 2.44. The minimum absolute atomic E-state index is 0.155. The van der Waals surface area contributed by atoms with Gasteiger partial charge in [-0.05, 0) is 36.1 Å². The molecule has 1 heterocycles. The number of nitrogens with one attached hydrogen (secondary N) is 1. The van der Waals surface area contributed by atoms with E-state index in [1.807, 2.05) is 6.92 Å². The lowest BCUT2D eigenvalue weighted by Gasteiger charge is -2.15. The van der Waals surface area contributed by atoms with Crippen LogP contribution in [0.1, 0.15) is 12.5 Å². The van der Waals surface area contributed by atoms with Gasteiger partial charge in [-0.25, -0.2) is 9.66 Å². The summed E-state index contributed by atoms with van der Waals surface area (Å²) >= 11 is 13.7. The second kappa shape index (κ2) is 7.61. The number of hydrogen-bond acceptors (Lipinski definition) is 4. The van der Waals surface area contributed by atoms with Crippen molar-refractivity contribution in [2.75, 3.05) is 11.2 Å². The Labute approximate surface area is 166 Å². The normalized spacial score (nSPS) is 11.8. The summed E-state index contributed by atoms with van der Waals surface area (Å²) in [5, 5.41) is 0.597. The minimum atomic E-state index is -4.56. The lowest BCUT2D eigenvalue weighted by Crippen LogP contribution is -2.27. The monoisotopic (exact) mass is 433 g/mol. The van der Waals surface area contributed by atoms with E-state index < -0.39 is 17.3 Å². The number of anilines is 1. The van der Waals surface area contributed by atoms with Gasteiger partial charge in [0.2, 0.25) is 0 Å². The molecule has 27 heavy (non-hydrogen) atoms. The van der Waals surface area contributed by atoms with Gasteiger partial charge in [0.15, 0.2) is 0 Å². The first-order valence-corrected chi connectivity index (χ1v) is 9.42. The van der Waals surface area contributed by atoms with Crippen LogP contribution in [0.5, 0.6) is 0 Å². The summed E-state index contributed by atoms with van der Waals surface area (Å²) in [5.74, 6) is 0.718. The van der Waals surface area contributed by atoms with Crippen LogP contribution in [-0.2, 0) is 6.18 Å². The van der Waals surface area contributed by atoms with Crippen molar-refractivity contribution < 1.29 is 13.2 Å². The molecule has 10 heteroatoms. The predicted octanol–water partition coefficient (Wildman–Crippen LogP) is 5.71. The molecule has 0 radical (unpaired) electrons. The van der Waals surface area contributed by atoms with E-state index in [1.54, 1.807) is 12.1 Å². The van der Waals surface area contributed by atoms with E-state index in [2.05, 4.69) is 10.4 Å². The molecule has 0 bridgehead atoms. The smallest absolute Gasteiger partial charge is 0.289 e. The van der Waals surface area contributed by atoms with Gasteiger partial charge in [0.25, 0.3) is 5.56 Å². The van der Waals surface area contributed by atoms with Crippen molar-refractivity contribution in [2.45, 2.75) is 18.0 Å². The van der Waals surface area contributed by atoms with Crippen LogP contribution in [0.3, 0.4) is 0 Å². The average Bonchev–Trinajstić information content (AvgIpc) is 2.59. The molecule has 0 atom stereocenters. The molecule has 0 fully saturated rings. The third kappa shape index (κ3) is 4.17. The molecule has 1 aromatic heterocycles. The van der Waals surface area contributed by atoms with Crippen molar-refractivity contribution in [3.8, 4) is 0 Å². The Morgan fingerprint density at radius 3 is 2.63 bits per heavy atom. The maximum absolute atomic E-state index is 12.9. The molecule has 3 aromatic rings. The molecule has 4 nitrogen and oxygen atoms in total. The Morgan fingerprint density at radius 2 is 1.96 bits per heavy atom. The largest absolute Gasteiger partial charge is 0.416 e. The van der Waals surface area contributed by atoms with Gasteiger partial charge in [-0.15, -0.1) is 11.8 Å². The number of alkyl halides is 3. The minimum Gasteiger partial charge on any atom is -0.289 e. The molecule has 0 saturated carbocycles. The van der Waals surface area contributed by atoms with Gasteiger partial charge >= 0.3 is 6.18 Å². The first kappa shape index (κ1) is 19.9. The quantitative estimate of drug-likeness (QED) is 0.535. The van der Waals surface area contributed by atoms with Crippen molar-refractivity contribution in [3.05, 3.63) is 62.6 Å². The van der Waals surface area contributed by atoms with Crippen LogP contribution in [0.15, 0.2) is 46.3 Å². The fourth-order valence-corrected chi connectivity index (χ4v) is 3.84. The van der Waals surface area contributed by atoms with E-state index in [4.69, 9.17) is 23.2 Å². The summed E-state index contributed by atoms with van der Waals surface area (Å²) in [5.41, 5.74) is 1.86. The predicted molar refractivity (Wildman–Crippen MR) is 103 cm³/mol. The highest BCUT2D eigenvalue weighted by Gasteiger charge is 2.30. The SMILES string of the molecule is CCSc1c(Cl)cc(Cl)cc1Nn1cnc2ccc(C(F)(F)F)cc2c1=O. The number of thioether (sulfide) groups is 1. The molecule has 0 spiro atoms. The van der Waals surface area contributed by atoms with Crippen LogP contribution in [0, 0.1) is 0 Å². The number of fused-ring (bicyclic) bond motifs is 1. The van der Waals surface area contributed by atoms with Gasteiger partial charge in [0, 0.05) is 5.02 Å². The summed E-state index contributed by atoms with van der Waals surface area (Å²) in [7, 11) is 0. The van der Waals surface area contributed by atoms with E-state index in [-0.39, 0.29) is 10.9 Å². The van der Waals surface area contributed by atoms with Crippen molar-refractivity contribution in [1.29, 1.82) is 0 Å². The van der Waals surface area contributed by atoms with Gasteiger partial charge < -0.3 is 0 Å². The van der Waals surface area contributed by atoms with E-state index in [0.29, 0.717) is 20.6 Å². The molecule has 142 valence electrons. The third-order valence-corrected chi connectivity index (χ3v) is 5.27. The Morgan fingerprint density at radius 1 is 1.22 bits per heavy atom. The van der Waals surface area contributed by atoms with Crippen LogP contribution in [0.4, 0.5) is 18.9 Å². The molecule has 3 rings (SSSR count). The lowest BCUT2D eigenvalue weighted by atomic mass is 10.1. The maximum Gasteiger partial charge on any atom is 0.416 e. The zero-order valence-corrected chi connectivity index (χ0v) is 16.1. The van der Waals surface area contributed by atoms with E-state index in [0.717, 1.165) is 22.6 Å². The molecule has 0 amide bonds. The Kier molecular flexibility index (Phi) is 5.60. The summed E-state index contributed by atoms with van der Waals surface area (Å²) < 4.78 is 39.8.